The zero-order chi connectivity index (χ0) is 14.7. The normalized spacial score (nSPS) is 10.3. The van der Waals surface area contributed by atoms with E-state index >= 15 is 0 Å². The summed E-state index contributed by atoms with van der Waals surface area (Å²) < 4.78 is 26.4. The number of benzene rings is 1. The fourth-order valence-electron chi connectivity index (χ4n) is 1.59. The van der Waals surface area contributed by atoms with Crippen molar-refractivity contribution in [1.82, 2.24) is 10.3 Å². The van der Waals surface area contributed by atoms with E-state index in [1.807, 2.05) is 0 Å². The molecule has 104 valence electrons. The second-order valence-corrected chi connectivity index (χ2v) is 4.40. The highest BCUT2D eigenvalue weighted by molar-refractivity contribution is 6.29. The fourth-order valence-corrected chi connectivity index (χ4v) is 1.74. The quantitative estimate of drug-likeness (QED) is 0.856. The molecule has 0 unspecified atom stereocenters. The Morgan fingerprint density at radius 3 is 2.85 bits per heavy atom. The van der Waals surface area contributed by atoms with E-state index in [1.165, 1.54) is 12.3 Å². The average Bonchev–Trinajstić information content (AvgIpc) is 2.42. The van der Waals surface area contributed by atoms with Gasteiger partial charge in [0, 0.05) is 12.1 Å². The zero-order valence-corrected chi connectivity index (χ0v) is 10.9. The number of carbonyl (C=O) groups excluding carboxylic acids is 1. The van der Waals surface area contributed by atoms with Gasteiger partial charge in [-0.15, -0.1) is 0 Å². The van der Waals surface area contributed by atoms with Crippen molar-refractivity contribution in [2.24, 2.45) is 0 Å². The molecule has 3 N–H and O–H groups in total. The smallest absolute Gasteiger partial charge is 0.253 e. The summed E-state index contributed by atoms with van der Waals surface area (Å²) in [7, 11) is 0. The number of nitrogens with zero attached hydrogens (tertiary/aromatic N) is 1. The SMILES string of the molecule is Nc1cnc(Cl)cc1C(=O)NCc1cc(F)ccc1F. The lowest BCUT2D eigenvalue weighted by atomic mass is 10.2. The van der Waals surface area contributed by atoms with Crippen LogP contribution in [0.3, 0.4) is 0 Å². The van der Waals surface area contributed by atoms with Gasteiger partial charge in [0.1, 0.15) is 16.8 Å². The molecule has 0 aliphatic carbocycles. The van der Waals surface area contributed by atoms with E-state index in [4.69, 9.17) is 17.3 Å². The Morgan fingerprint density at radius 2 is 2.10 bits per heavy atom. The van der Waals surface area contributed by atoms with Crippen LogP contribution in [0.15, 0.2) is 30.5 Å². The highest BCUT2D eigenvalue weighted by Crippen LogP contribution is 2.15. The first-order chi connectivity index (χ1) is 9.47. The van der Waals surface area contributed by atoms with Crippen molar-refractivity contribution in [3.63, 3.8) is 0 Å². The molecule has 0 saturated heterocycles. The molecular weight excluding hydrogens is 288 g/mol. The van der Waals surface area contributed by atoms with Gasteiger partial charge in [0.2, 0.25) is 0 Å². The number of pyridine rings is 1. The molecule has 0 saturated carbocycles. The fraction of sp³-hybridized carbons (Fsp3) is 0.0769. The Morgan fingerprint density at radius 1 is 1.35 bits per heavy atom. The summed E-state index contributed by atoms with van der Waals surface area (Å²) in [5.74, 6) is -1.73. The summed E-state index contributed by atoms with van der Waals surface area (Å²) in [6, 6.07) is 4.31. The van der Waals surface area contributed by atoms with Crippen LogP contribution in [-0.4, -0.2) is 10.9 Å². The predicted octanol–water partition coefficient (Wildman–Crippen LogP) is 2.53. The first-order valence-electron chi connectivity index (χ1n) is 5.60. The molecule has 0 aliphatic rings. The minimum atomic E-state index is -0.604. The molecule has 1 aromatic heterocycles. The Hall–Kier alpha value is -2.21. The van der Waals surface area contributed by atoms with Gasteiger partial charge in [-0.05, 0) is 24.3 Å². The van der Waals surface area contributed by atoms with Crippen LogP contribution in [0.1, 0.15) is 15.9 Å². The lowest BCUT2D eigenvalue weighted by molar-refractivity contribution is 0.0951. The number of hydrogen-bond donors (Lipinski definition) is 2. The number of amides is 1. The zero-order valence-electron chi connectivity index (χ0n) is 10.2. The largest absolute Gasteiger partial charge is 0.397 e. The van der Waals surface area contributed by atoms with Gasteiger partial charge in [-0.25, -0.2) is 13.8 Å². The molecule has 0 fully saturated rings. The second-order valence-electron chi connectivity index (χ2n) is 4.01. The van der Waals surface area contributed by atoms with Crippen molar-refractivity contribution in [1.29, 1.82) is 0 Å². The number of aromatic nitrogens is 1. The van der Waals surface area contributed by atoms with E-state index in [9.17, 15) is 13.6 Å². The number of nitrogens with two attached hydrogens (primary N) is 1. The van der Waals surface area contributed by atoms with Crippen molar-refractivity contribution >= 4 is 23.2 Å². The van der Waals surface area contributed by atoms with Crippen LogP contribution >= 0.6 is 11.6 Å². The molecule has 0 aliphatic heterocycles. The van der Waals surface area contributed by atoms with Gasteiger partial charge in [-0.2, -0.15) is 0 Å². The number of nitrogens with one attached hydrogen (secondary N) is 1. The number of nitrogen functional groups attached to an aromatic ring is 1. The third-order valence-corrected chi connectivity index (χ3v) is 2.80. The van der Waals surface area contributed by atoms with Gasteiger partial charge >= 0.3 is 0 Å². The van der Waals surface area contributed by atoms with Crippen LogP contribution in [0.25, 0.3) is 0 Å². The van der Waals surface area contributed by atoms with E-state index in [1.54, 1.807) is 0 Å². The number of rotatable bonds is 3. The number of carbonyl (C=O) groups is 1. The van der Waals surface area contributed by atoms with Crippen LogP contribution in [-0.2, 0) is 6.54 Å². The predicted molar refractivity (Wildman–Crippen MR) is 71.2 cm³/mol. The maximum absolute atomic E-state index is 13.4. The third-order valence-electron chi connectivity index (χ3n) is 2.59. The molecule has 1 amide bonds. The summed E-state index contributed by atoms with van der Waals surface area (Å²) >= 11 is 5.67. The first kappa shape index (κ1) is 14.2. The van der Waals surface area contributed by atoms with Gasteiger partial charge in [-0.1, -0.05) is 11.6 Å². The summed E-state index contributed by atoms with van der Waals surface area (Å²) in [5.41, 5.74) is 5.91. The van der Waals surface area contributed by atoms with Crippen molar-refractivity contribution in [3.8, 4) is 0 Å². The van der Waals surface area contributed by atoms with Crippen LogP contribution < -0.4 is 11.1 Å². The molecule has 20 heavy (non-hydrogen) atoms. The topological polar surface area (TPSA) is 68.0 Å². The van der Waals surface area contributed by atoms with Crippen LogP contribution in [0, 0.1) is 11.6 Å². The molecular formula is C13H10ClF2N3O. The molecule has 0 bridgehead atoms. The number of hydrogen-bond acceptors (Lipinski definition) is 3. The van der Waals surface area contributed by atoms with Crippen molar-refractivity contribution in [2.75, 3.05) is 5.73 Å². The summed E-state index contributed by atoms with van der Waals surface area (Å²) in [6.45, 7) is -0.165. The first-order valence-corrected chi connectivity index (χ1v) is 5.98. The molecule has 2 aromatic rings. The Kier molecular flexibility index (Phi) is 4.14. The number of halogens is 3. The second kappa shape index (κ2) is 5.83. The van der Waals surface area contributed by atoms with E-state index in [0.29, 0.717) is 0 Å². The standard InChI is InChI=1S/C13H10ClF2N3O/c14-12-4-9(11(17)6-18-12)13(20)19-5-7-3-8(15)1-2-10(7)16/h1-4,6H,5,17H2,(H,19,20). The van der Waals surface area contributed by atoms with Gasteiger partial charge in [-0.3, -0.25) is 4.79 Å². The molecule has 0 spiro atoms. The molecule has 1 heterocycles. The summed E-state index contributed by atoms with van der Waals surface area (Å²) in [5, 5.41) is 2.55. The van der Waals surface area contributed by atoms with E-state index in [2.05, 4.69) is 10.3 Å². The maximum Gasteiger partial charge on any atom is 0.253 e. The maximum atomic E-state index is 13.4. The van der Waals surface area contributed by atoms with Crippen molar-refractivity contribution in [3.05, 3.63) is 58.4 Å². The van der Waals surface area contributed by atoms with E-state index in [0.717, 1.165) is 18.2 Å². The average molecular weight is 298 g/mol. The highest BCUT2D eigenvalue weighted by atomic mass is 35.5. The Labute approximate surface area is 118 Å². The Bertz CT molecular complexity index is 664. The van der Waals surface area contributed by atoms with Crippen LogP contribution in [0.5, 0.6) is 0 Å². The van der Waals surface area contributed by atoms with E-state index < -0.39 is 17.5 Å². The van der Waals surface area contributed by atoms with Gasteiger partial charge in [0.05, 0.1) is 17.4 Å². The molecule has 4 nitrogen and oxygen atoms in total. The number of anilines is 1. The summed E-state index contributed by atoms with van der Waals surface area (Å²) in [4.78, 5) is 15.6. The monoisotopic (exact) mass is 297 g/mol. The molecule has 0 atom stereocenters. The van der Waals surface area contributed by atoms with Gasteiger partial charge in [0.25, 0.3) is 5.91 Å². The lowest BCUT2D eigenvalue weighted by Crippen LogP contribution is -2.24. The van der Waals surface area contributed by atoms with Crippen LogP contribution in [0.4, 0.5) is 14.5 Å². The minimum absolute atomic E-state index is 0.0390. The van der Waals surface area contributed by atoms with E-state index in [-0.39, 0.29) is 28.5 Å². The van der Waals surface area contributed by atoms with Crippen LogP contribution in [0.2, 0.25) is 5.15 Å². The molecule has 2 rings (SSSR count). The van der Waals surface area contributed by atoms with Crippen molar-refractivity contribution in [2.45, 2.75) is 6.54 Å². The van der Waals surface area contributed by atoms with Gasteiger partial charge in [0.15, 0.2) is 0 Å². The minimum Gasteiger partial charge on any atom is -0.397 e. The molecule has 1 aromatic carbocycles. The van der Waals surface area contributed by atoms with Gasteiger partial charge < -0.3 is 11.1 Å². The van der Waals surface area contributed by atoms with Crippen molar-refractivity contribution < 1.29 is 13.6 Å². The highest BCUT2D eigenvalue weighted by Gasteiger charge is 2.12. The molecule has 7 heteroatoms. The summed E-state index contributed by atoms with van der Waals surface area (Å²) in [6.07, 6.45) is 1.25. The lowest BCUT2D eigenvalue weighted by Gasteiger charge is -2.08. The Balaban J connectivity index is 2.12. The third kappa shape index (κ3) is 3.21. The molecule has 0 radical (unpaired) electrons.